The largest absolute Gasteiger partial charge is 0.493 e. The molecule has 3 aromatic rings. The zero-order valence-electron chi connectivity index (χ0n) is 15.0. The third-order valence-electron chi connectivity index (χ3n) is 3.62. The number of rotatable bonds is 9. The molecule has 8 heteroatoms. The van der Waals surface area contributed by atoms with Crippen LogP contribution in [-0.2, 0) is 0 Å². The van der Waals surface area contributed by atoms with Gasteiger partial charge in [0.05, 0.1) is 20.3 Å². The fourth-order valence-electron chi connectivity index (χ4n) is 2.28. The summed E-state index contributed by atoms with van der Waals surface area (Å²) in [5, 5.41) is 18.5. The van der Waals surface area contributed by atoms with Crippen LogP contribution in [-0.4, -0.2) is 48.0 Å². The van der Waals surface area contributed by atoms with E-state index in [9.17, 15) is 5.11 Å². The van der Waals surface area contributed by atoms with Crippen LogP contribution in [0.15, 0.2) is 58.2 Å². The van der Waals surface area contributed by atoms with Crippen LogP contribution in [0.2, 0.25) is 0 Å². The Morgan fingerprint density at radius 2 is 1.81 bits per heavy atom. The predicted molar refractivity (Wildman–Crippen MR) is 102 cm³/mol. The summed E-state index contributed by atoms with van der Waals surface area (Å²) in [4.78, 5) is 0. The quantitative estimate of drug-likeness (QED) is 0.559. The highest BCUT2D eigenvalue weighted by Gasteiger charge is 2.14. The molecule has 0 aliphatic rings. The SMILES string of the molecule is COc1ccc(-c2nnc(SC[C@@H](O)COc3ccccc3)o2)cc1OC. The fourth-order valence-corrected chi connectivity index (χ4v) is 2.95. The molecule has 0 bridgehead atoms. The summed E-state index contributed by atoms with van der Waals surface area (Å²) in [6, 6.07) is 14.7. The minimum absolute atomic E-state index is 0.188. The van der Waals surface area contributed by atoms with Crippen molar-refractivity contribution < 1.29 is 23.7 Å². The number of thioether (sulfide) groups is 1. The Balaban J connectivity index is 1.55. The van der Waals surface area contributed by atoms with Gasteiger partial charge in [0.2, 0.25) is 5.89 Å². The molecule has 0 spiro atoms. The standard InChI is InChI=1S/C19H20N2O5S/c1-23-16-9-8-13(10-17(16)24-2)18-20-21-19(26-18)27-12-14(22)11-25-15-6-4-3-5-7-15/h3-10,14,22H,11-12H2,1-2H3/t14-/m0/s1. The molecule has 2 aromatic carbocycles. The molecule has 0 amide bonds. The molecule has 0 radical (unpaired) electrons. The number of benzene rings is 2. The van der Waals surface area contributed by atoms with Crippen LogP contribution in [0.4, 0.5) is 0 Å². The second kappa shape index (κ2) is 9.29. The molecule has 0 saturated carbocycles. The zero-order chi connectivity index (χ0) is 19.1. The van der Waals surface area contributed by atoms with Crippen LogP contribution in [0, 0.1) is 0 Å². The lowest BCUT2D eigenvalue weighted by atomic mass is 10.2. The van der Waals surface area contributed by atoms with Crippen molar-refractivity contribution in [2.24, 2.45) is 0 Å². The molecule has 0 fully saturated rings. The number of aliphatic hydroxyl groups excluding tert-OH is 1. The Bertz CT molecular complexity index is 856. The molecule has 0 aliphatic carbocycles. The van der Waals surface area contributed by atoms with Gasteiger partial charge in [-0.25, -0.2) is 0 Å². The van der Waals surface area contributed by atoms with Crippen LogP contribution in [0.1, 0.15) is 0 Å². The van der Waals surface area contributed by atoms with E-state index in [4.69, 9.17) is 18.6 Å². The molecule has 3 rings (SSSR count). The summed E-state index contributed by atoms with van der Waals surface area (Å²) in [6.07, 6.45) is -0.661. The van der Waals surface area contributed by atoms with Crippen LogP contribution >= 0.6 is 11.8 Å². The van der Waals surface area contributed by atoms with E-state index in [1.54, 1.807) is 26.4 Å². The van der Waals surface area contributed by atoms with E-state index in [0.717, 1.165) is 11.3 Å². The van der Waals surface area contributed by atoms with E-state index in [1.807, 2.05) is 36.4 Å². The van der Waals surface area contributed by atoms with Gasteiger partial charge in [-0.2, -0.15) is 0 Å². The maximum atomic E-state index is 10.1. The molecule has 0 saturated heterocycles. The lowest BCUT2D eigenvalue weighted by molar-refractivity contribution is 0.126. The number of para-hydroxylation sites is 1. The minimum Gasteiger partial charge on any atom is -0.493 e. The number of ether oxygens (including phenoxy) is 3. The van der Waals surface area contributed by atoms with Crippen LogP contribution in [0.25, 0.3) is 11.5 Å². The number of hydrogen-bond donors (Lipinski definition) is 1. The van der Waals surface area contributed by atoms with Crippen molar-refractivity contribution >= 4 is 11.8 Å². The summed E-state index contributed by atoms with van der Waals surface area (Å²) in [7, 11) is 3.14. The zero-order valence-corrected chi connectivity index (χ0v) is 15.8. The average Bonchev–Trinajstić information content (AvgIpc) is 3.20. The van der Waals surface area contributed by atoms with E-state index in [1.165, 1.54) is 11.8 Å². The van der Waals surface area contributed by atoms with Crippen LogP contribution in [0.5, 0.6) is 17.2 Å². The third kappa shape index (κ3) is 5.15. The number of nitrogens with zero attached hydrogens (tertiary/aromatic N) is 2. The highest BCUT2D eigenvalue weighted by molar-refractivity contribution is 7.99. The van der Waals surface area contributed by atoms with Gasteiger partial charge in [-0.15, -0.1) is 10.2 Å². The van der Waals surface area contributed by atoms with E-state index >= 15 is 0 Å². The number of methoxy groups -OCH3 is 2. The van der Waals surface area contributed by atoms with E-state index in [0.29, 0.717) is 28.4 Å². The predicted octanol–water partition coefficient (Wildman–Crippen LogP) is 3.29. The maximum Gasteiger partial charge on any atom is 0.276 e. The second-order valence-electron chi connectivity index (χ2n) is 5.53. The normalized spacial score (nSPS) is 11.8. The smallest absolute Gasteiger partial charge is 0.276 e. The average molecular weight is 388 g/mol. The monoisotopic (exact) mass is 388 g/mol. The summed E-state index contributed by atoms with van der Waals surface area (Å²) in [5.41, 5.74) is 0.722. The molecular weight excluding hydrogens is 368 g/mol. The number of hydrogen-bond acceptors (Lipinski definition) is 8. The molecule has 1 heterocycles. The molecule has 7 nitrogen and oxygen atoms in total. The van der Waals surface area contributed by atoms with E-state index < -0.39 is 6.10 Å². The molecule has 0 aliphatic heterocycles. The molecule has 0 unspecified atom stereocenters. The first-order valence-corrected chi connectivity index (χ1v) is 9.22. The van der Waals surface area contributed by atoms with Crippen LogP contribution in [0.3, 0.4) is 0 Å². The summed E-state index contributed by atoms with van der Waals surface area (Å²) < 4.78 is 21.7. The Hall–Kier alpha value is -2.71. The first-order valence-electron chi connectivity index (χ1n) is 8.24. The summed E-state index contributed by atoms with van der Waals surface area (Å²) in [6.45, 7) is 0.188. The first-order chi connectivity index (χ1) is 13.2. The summed E-state index contributed by atoms with van der Waals surface area (Å²) >= 11 is 1.27. The second-order valence-corrected chi connectivity index (χ2v) is 6.50. The van der Waals surface area contributed by atoms with Gasteiger partial charge in [0.15, 0.2) is 11.5 Å². The Kier molecular flexibility index (Phi) is 6.56. The van der Waals surface area contributed by atoms with Crippen molar-refractivity contribution in [2.45, 2.75) is 11.3 Å². The molecular formula is C19H20N2O5S. The van der Waals surface area contributed by atoms with Crippen molar-refractivity contribution in [2.75, 3.05) is 26.6 Å². The fraction of sp³-hybridized carbons (Fsp3) is 0.263. The Morgan fingerprint density at radius 3 is 2.56 bits per heavy atom. The number of aromatic nitrogens is 2. The molecule has 142 valence electrons. The first kappa shape index (κ1) is 19.1. The maximum absolute atomic E-state index is 10.1. The minimum atomic E-state index is -0.661. The highest BCUT2D eigenvalue weighted by Crippen LogP contribution is 2.32. The van der Waals surface area contributed by atoms with Gasteiger partial charge in [0.1, 0.15) is 12.4 Å². The van der Waals surface area contributed by atoms with Crippen molar-refractivity contribution in [3.8, 4) is 28.7 Å². The van der Waals surface area contributed by atoms with Crippen molar-refractivity contribution in [1.82, 2.24) is 10.2 Å². The molecule has 27 heavy (non-hydrogen) atoms. The van der Waals surface area contributed by atoms with Gasteiger partial charge in [-0.3, -0.25) is 0 Å². The van der Waals surface area contributed by atoms with Gasteiger partial charge < -0.3 is 23.7 Å². The Labute approximate surface area is 161 Å². The highest BCUT2D eigenvalue weighted by atomic mass is 32.2. The number of aliphatic hydroxyl groups is 1. The van der Waals surface area contributed by atoms with E-state index in [-0.39, 0.29) is 6.61 Å². The Morgan fingerprint density at radius 1 is 1.04 bits per heavy atom. The van der Waals surface area contributed by atoms with Crippen LogP contribution < -0.4 is 14.2 Å². The van der Waals surface area contributed by atoms with Gasteiger partial charge in [0, 0.05) is 11.3 Å². The van der Waals surface area contributed by atoms with Crippen molar-refractivity contribution in [3.63, 3.8) is 0 Å². The van der Waals surface area contributed by atoms with Gasteiger partial charge in [0.25, 0.3) is 5.22 Å². The topological polar surface area (TPSA) is 86.8 Å². The summed E-state index contributed by atoms with van der Waals surface area (Å²) in [5.74, 6) is 2.66. The van der Waals surface area contributed by atoms with Crippen molar-refractivity contribution in [3.05, 3.63) is 48.5 Å². The van der Waals surface area contributed by atoms with Crippen molar-refractivity contribution in [1.29, 1.82) is 0 Å². The van der Waals surface area contributed by atoms with Gasteiger partial charge in [-0.05, 0) is 30.3 Å². The van der Waals surface area contributed by atoms with Gasteiger partial charge in [-0.1, -0.05) is 30.0 Å². The van der Waals surface area contributed by atoms with Gasteiger partial charge >= 0.3 is 0 Å². The lowest BCUT2D eigenvalue weighted by Gasteiger charge is -2.10. The molecule has 1 aromatic heterocycles. The lowest BCUT2D eigenvalue weighted by Crippen LogP contribution is -2.20. The molecule has 1 atom stereocenters. The molecule has 1 N–H and O–H groups in total. The third-order valence-corrected chi connectivity index (χ3v) is 4.59. The van der Waals surface area contributed by atoms with E-state index in [2.05, 4.69) is 10.2 Å².